The van der Waals surface area contributed by atoms with E-state index in [4.69, 9.17) is 20.8 Å². The molecule has 0 aliphatic carbocycles. The molecule has 0 spiro atoms. The lowest BCUT2D eigenvalue weighted by atomic mass is 10.2. The Morgan fingerprint density at radius 2 is 2.03 bits per heavy atom. The molecule has 29 heavy (non-hydrogen) atoms. The van der Waals surface area contributed by atoms with Crippen LogP contribution in [0.1, 0.15) is 5.56 Å². The summed E-state index contributed by atoms with van der Waals surface area (Å²) in [6.45, 7) is 1.78. The molecule has 5 nitrogen and oxygen atoms in total. The lowest BCUT2D eigenvalue weighted by Crippen LogP contribution is -2.20. The molecule has 146 valence electrons. The lowest BCUT2D eigenvalue weighted by molar-refractivity contribution is -0.118. The zero-order valence-electron chi connectivity index (χ0n) is 15.4. The van der Waals surface area contributed by atoms with Gasteiger partial charge in [-0.15, -0.1) is 0 Å². The van der Waals surface area contributed by atoms with E-state index in [0.29, 0.717) is 33.4 Å². The molecule has 1 N–H and O–H groups in total. The zero-order valence-corrected chi connectivity index (χ0v) is 18.3. The van der Waals surface area contributed by atoms with E-state index >= 15 is 0 Å². The number of amides is 1. The van der Waals surface area contributed by atoms with Gasteiger partial charge in [0.1, 0.15) is 11.3 Å². The van der Waals surface area contributed by atoms with Crippen LogP contribution < -0.4 is 10.1 Å². The summed E-state index contributed by atoms with van der Waals surface area (Å²) in [4.78, 5) is 16.8. The first-order chi connectivity index (χ1) is 14.0. The SMILES string of the molecule is Cc1cc(OCC(=O)Nc2ccc3oc(-c4cccc(I)c4)nc3c2)ccc1Cl. The molecular weight excluding hydrogens is 503 g/mol. The third kappa shape index (κ3) is 4.71. The number of nitrogens with zero attached hydrogens (tertiary/aromatic N) is 1. The van der Waals surface area contributed by atoms with Gasteiger partial charge in [-0.1, -0.05) is 17.7 Å². The molecule has 1 aromatic heterocycles. The van der Waals surface area contributed by atoms with Crippen molar-refractivity contribution in [2.75, 3.05) is 11.9 Å². The first-order valence-corrected chi connectivity index (χ1v) is 10.3. The maximum absolute atomic E-state index is 12.2. The van der Waals surface area contributed by atoms with Gasteiger partial charge in [0.2, 0.25) is 5.89 Å². The summed E-state index contributed by atoms with van der Waals surface area (Å²) in [6.07, 6.45) is 0. The summed E-state index contributed by atoms with van der Waals surface area (Å²) in [6, 6.07) is 18.5. The highest BCUT2D eigenvalue weighted by Gasteiger charge is 2.11. The second-order valence-corrected chi connectivity index (χ2v) is 8.11. The Morgan fingerprint density at radius 1 is 1.17 bits per heavy atom. The molecular formula is C22H16ClIN2O3. The number of aromatic nitrogens is 1. The van der Waals surface area contributed by atoms with Gasteiger partial charge in [0.05, 0.1) is 0 Å². The molecule has 4 aromatic rings. The summed E-state index contributed by atoms with van der Waals surface area (Å²) in [5, 5.41) is 3.48. The van der Waals surface area contributed by atoms with Gasteiger partial charge in [0.25, 0.3) is 5.91 Å². The molecule has 0 fully saturated rings. The van der Waals surface area contributed by atoms with E-state index in [1.54, 1.807) is 36.4 Å². The topological polar surface area (TPSA) is 64.4 Å². The summed E-state index contributed by atoms with van der Waals surface area (Å²) in [7, 11) is 0. The van der Waals surface area contributed by atoms with Crippen molar-refractivity contribution in [3.63, 3.8) is 0 Å². The van der Waals surface area contributed by atoms with Crippen LogP contribution in [0.2, 0.25) is 5.02 Å². The molecule has 0 unspecified atom stereocenters. The molecule has 0 radical (unpaired) electrons. The van der Waals surface area contributed by atoms with E-state index in [1.165, 1.54) is 0 Å². The second-order valence-electron chi connectivity index (χ2n) is 6.46. The number of nitrogens with one attached hydrogen (secondary N) is 1. The molecule has 1 heterocycles. The van der Waals surface area contributed by atoms with Gasteiger partial charge in [0.15, 0.2) is 12.2 Å². The van der Waals surface area contributed by atoms with E-state index < -0.39 is 0 Å². The molecule has 0 saturated heterocycles. The monoisotopic (exact) mass is 518 g/mol. The van der Waals surface area contributed by atoms with Crippen molar-refractivity contribution >= 4 is 56.9 Å². The van der Waals surface area contributed by atoms with Crippen molar-refractivity contribution in [3.05, 3.63) is 74.8 Å². The Kier molecular flexibility index (Phi) is 5.73. The van der Waals surface area contributed by atoms with E-state index in [1.807, 2.05) is 31.2 Å². The fourth-order valence-electron chi connectivity index (χ4n) is 2.80. The minimum absolute atomic E-state index is 0.106. The highest BCUT2D eigenvalue weighted by atomic mass is 127. The molecule has 7 heteroatoms. The number of hydrogen-bond acceptors (Lipinski definition) is 4. The number of anilines is 1. The number of benzene rings is 3. The summed E-state index contributed by atoms with van der Waals surface area (Å²) in [5.74, 6) is 0.873. The average molecular weight is 519 g/mol. The van der Waals surface area contributed by atoms with E-state index in [0.717, 1.165) is 14.7 Å². The van der Waals surface area contributed by atoms with Crippen molar-refractivity contribution in [1.29, 1.82) is 0 Å². The number of carbonyl (C=O) groups excluding carboxylic acids is 1. The van der Waals surface area contributed by atoms with Crippen molar-refractivity contribution in [3.8, 4) is 17.2 Å². The fraction of sp³-hybridized carbons (Fsp3) is 0.0909. The molecule has 4 rings (SSSR count). The standard InChI is InChI=1S/C22H16ClIN2O3/c1-13-9-17(6-7-18(13)23)28-12-21(27)25-16-5-8-20-19(11-16)26-22(29-20)14-3-2-4-15(24)10-14/h2-11H,12H2,1H3,(H,25,27). The number of oxazole rings is 1. The van der Waals surface area contributed by atoms with E-state index in [9.17, 15) is 4.79 Å². The van der Waals surface area contributed by atoms with Crippen LogP contribution in [0.5, 0.6) is 5.75 Å². The van der Waals surface area contributed by atoms with Crippen LogP contribution >= 0.6 is 34.2 Å². The van der Waals surface area contributed by atoms with Gasteiger partial charge in [0, 0.05) is 19.8 Å². The lowest BCUT2D eigenvalue weighted by Gasteiger charge is -2.08. The minimum Gasteiger partial charge on any atom is -0.484 e. The van der Waals surface area contributed by atoms with Crippen molar-refractivity contribution in [2.45, 2.75) is 6.92 Å². The van der Waals surface area contributed by atoms with E-state index in [2.05, 4.69) is 32.9 Å². The van der Waals surface area contributed by atoms with Gasteiger partial charge in [-0.25, -0.2) is 4.98 Å². The number of halogens is 2. The van der Waals surface area contributed by atoms with Crippen LogP contribution in [0.3, 0.4) is 0 Å². The van der Waals surface area contributed by atoms with Crippen LogP contribution in [0, 0.1) is 10.5 Å². The molecule has 0 aliphatic heterocycles. The Balaban J connectivity index is 1.45. The van der Waals surface area contributed by atoms with Crippen LogP contribution in [-0.4, -0.2) is 17.5 Å². The first-order valence-electron chi connectivity index (χ1n) is 8.83. The average Bonchev–Trinajstić information content (AvgIpc) is 3.12. The summed E-state index contributed by atoms with van der Waals surface area (Å²) < 4.78 is 12.5. The van der Waals surface area contributed by atoms with Crippen molar-refractivity contribution in [1.82, 2.24) is 4.98 Å². The Labute approximate surface area is 186 Å². The molecule has 1 amide bonds. The Hall–Kier alpha value is -2.58. The van der Waals surface area contributed by atoms with Crippen LogP contribution in [-0.2, 0) is 4.79 Å². The summed E-state index contributed by atoms with van der Waals surface area (Å²) >= 11 is 8.25. The van der Waals surface area contributed by atoms with Gasteiger partial charge >= 0.3 is 0 Å². The number of fused-ring (bicyclic) bond motifs is 1. The first kappa shape index (κ1) is 19.7. The molecule has 0 bridgehead atoms. The predicted molar refractivity (Wildman–Crippen MR) is 122 cm³/mol. The molecule has 0 atom stereocenters. The molecule has 0 saturated carbocycles. The highest BCUT2D eigenvalue weighted by molar-refractivity contribution is 14.1. The molecule has 0 aliphatic rings. The third-order valence-electron chi connectivity index (χ3n) is 4.24. The van der Waals surface area contributed by atoms with Crippen molar-refractivity contribution in [2.24, 2.45) is 0 Å². The Bertz CT molecular complexity index is 1210. The zero-order chi connectivity index (χ0) is 20.4. The maximum atomic E-state index is 12.2. The maximum Gasteiger partial charge on any atom is 0.262 e. The van der Waals surface area contributed by atoms with Gasteiger partial charge in [-0.2, -0.15) is 0 Å². The fourth-order valence-corrected chi connectivity index (χ4v) is 3.46. The van der Waals surface area contributed by atoms with E-state index in [-0.39, 0.29) is 12.5 Å². The van der Waals surface area contributed by atoms with Gasteiger partial charge in [-0.05, 0) is 89.7 Å². The quantitative estimate of drug-likeness (QED) is 0.325. The third-order valence-corrected chi connectivity index (χ3v) is 5.34. The van der Waals surface area contributed by atoms with Crippen LogP contribution in [0.4, 0.5) is 5.69 Å². The smallest absolute Gasteiger partial charge is 0.262 e. The van der Waals surface area contributed by atoms with Crippen molar-refractivity contribution < 1.29 is 13.9 Å². The molecule has 3 aromatic carbocycles. The minimum atomic E-state index is -0.265. The second kappa shape index (κ2) is 8.42. The summed E-state index contributed by atoms with van der Waals surface area (Å²) in [5.41, 5.74) is 3.76. The normalized spacial score (nSPS) is 10.9. The number of aryl methyl sites for hydroxylation is 1. The number of carbonyl (C=O) groups is 1. The highest BCUT2D eigenvalue weighted by Crippen LogP contribution is 2.27. The largest absolute Gasteiger partial charge is 0.484 e. The predicted octanol–water partition coefficient (Wildman–Crippen LogP) is 6.08. The van der Waals surface area contributed by atoms with Gasteiger partial charge < -0.3 is 14.5 Å². The number of rotatable bonds is 5. The number of ether oxygens (including phenoxy) is 1. The van der Waals surface area contributed by atoms with Gasteiger partial charge in [-0.3, -0.25) is 4.79 Å². The van der Waals surface area contributed by atoms with Crippen LogP contribution in [0.15, 0.2) is 65.1 Å². The number of hydrogen-bond donors (Lipinski definition) is 1. The Morgan fingerprint density at radius 3 is 2.83 bits per heavy atom. The van der Waals surface area contributed by atoms with Crippen LogP contribution in [0.25, 0.3) is 22.6 Å².